The van der Waals surface area contributed by atoms with Gasteiger partial charge in [0, 0.05) is 13.1 Å². The third-order valence-corrected chi connectivity index (χ3v) is 3.78. The molecular formula is C5H12KNOPS+. The smallest absolute Gasteiger partial charge is 1.00 e. The van der Waals surface area contributed by atoms with Crippen LogP contribution in [0.4, 0.5) is 0 Å². The van der Waals surface area contributed by atoms with Crippen LogP contribution in [0.5, 0.6) is 0 Å². The second-order valence-corrected chi connectivity index (χ2v) is 4.42. The van der Waals surface area contributed by atoms with Crippen LogP contribution in [0.2, 0.25) is 0 Å². The summed E-state index contributed by atoms with van der Waals surface area (Å²) in [5, 5.41) is 0. The Hall–Kier alpha value is 2.08. The summed E-state index contributed by atoms with van der Waals surface area (Å²) in [5.41, 5.74) is 0. The van der Waals surface area contributed by atoms with Gasteiger partial charge in [0.2, 0.25) is 11.8 Å². The van der Waals surface area contributed by atoms with E-state index >= 15 is 0 Å². The van der Waals surface area contributed by atoms with Crippen LogP contribution >= 0.6 is 7.07 Å². The van der Waals surface area contributed by atoms with Crippen molar-refractivity contribution in [3.8, 4) is 0 Å². The quantitative estimate of drug-likeness (QED) is 0.406. The maximum absolute atomic E-state index is 5.07. The van der Waals surface area contributed by atoms with E-state index in [0.717, 1.165) is 13.1 Å². The molecule has 0 spiro atoms. The van der Waals surface area contributed by atoms with Crippen molar-refractivity contribution in [1.29, 1.82) is 0 Å². The summed E-state index contributed by atoms with van der Waals surface area (Å²) in [7, 11) is 1.03. The molecule has 1 unspecified atom stereocenters. The van der Waals surface area contributed by atoms with Gasteiger partial charge >= 0.3 is 58.5 Å². The molecule has 0 aromatic carbocycles. The van der Waals surface area contributed by atoms with Crippen LogP contribution in [0.25, 0.3) is 0 Å². The zero-order valence-electron chi connectivity index (χ0n) is 7.54. The minimum absolute atomic E-state index is 0. The van der Waals surface area contributed by atoms with E-state index in [0.29, 0.717) is 0 Å². The Balaban J connectivity index is 0. The first-order chi connectivity index (χ1) is 4.34. The predicted molar refractivity (Wildman–Crippen MR) is 43.2 cm³/mol. The Labute approximate surface area is 112 Å². The molecular weight excluding hydrogens is 192 g/mol. The van der Waals surface area contributed by atoms with Crippen molar-refractivity contribution in [2.45, 2.75) is 12.8 Å². The molecule has 1 rings (SSSR count). The molecule has 1 saturated heterocycles. The van der Waals surface area contributed by atoms with Gasteiger partial charge < -0.3 is 1.43 Å². The third kappa shape index (κ3) is 3.65. The molecule has 2 nitrogen and oxygen atoms in total. The molecule has 1 fully saturated rings. The van der Waals surface area contributed by atoms with Gasteiger partial charge in [0.15, 0.2) is 0 Å². The van der Waals surface area contributed by atoms with Crippen molar-refractivity contribution < 1.29 is 57.3 Å². The van der Waals surface area contributed by atoms with Gasteiger partial charge in [-0.05, 0) is 12.8 Å². The molecule has 0 aromatic heterocycles. The largest absolute Gasteiger partial charge is 1.00 e. The van der Waals surface area contributed by atoms with Crippen molar-refractivity contribution in [1.82, 2.24) is 4.67 Å². The van der Waals surface area contributed by atoms with Gasteiger partial charge in [-0.15, -0.1) is 0 Å². The molecule has 0 N–H and O–H groups in total. The van der Waals surface area contributed by atoms with E-state index in [2.05, 4.69) is 4.67 Å². The normalized spacial score (nSPS) is 20.3. The second-order valence-electron chi connectivity index (χ2n) is 2.08. The van der Waals surface area contributed by atoms with Crippen LogP contribution in [0.1, 0.15) is 14.3 Å². The minimum Gasteiger partial charge on any atom is -1.00 e. The first kappa shape index (κ1) is 12.1. The van der Waals surface area contributed by atoms with Gasteiger partial charge in [-0.1, -0.05) is 4.67 Å². The fraction of sp³-hybridized carbons (Fsp3) is 1.00. The molecule has 5 heteroatoms. The van der Waals surface area contributed by atoms with Crippen LogP contribution in [-0.4, -0.2) is 24.9 Å². The average molecular weight is 204 g/mol. The second kappa shape index (κ2) is 6.58. The van der Waals surface area contributed by atoms with Crippen molar-refractivity contribution in [2.75, 3.05) is 20.2 Å². The van der Waals surface area contributed by atoms with Crippen molar-refractivity contribution in [3.05, 3.63) is 0 Å². The number of nitrogens with zero attached hydrogens (tertiary/aromatic N) is 1. The first-order valence-corrected chi connectivity index (χ1v) is 5.33. The standard InChI is InChI=1S/C5H11NOPS.K.H/c1-7-8(9)6-4-2-3-5-6;;/h2-5H2,1H3;;/q2*+1;-1. The molecule has 1 aliphatic rings. The van der Waals surface area contributed by atoms with E-state index in [9.17, 15) is 0 Å². The summed E-state index contributed by atoms with van der Waals surface area (Å²) in [6.07, 6.45) is 2.58. The zero-order valence-corrected chi connectivity index (χ0v) is 11.4. The molecule has 0 saturated carbocycles. The fourth-order valence-corrected chi connectivity index (χ4v) is 2.31. The molecule has 1 atom stereocenters. The van der Waals surface area contributed by atoms with Crippen molar-refractivity contribution in [2.24, 2.45) is 0 Å². The monoisotopic (exact) mass is 204 g/mol. The van der Waals surface area contributed by atoms with Crippen LogP contribution in [0.15, 0.2) is 0 Å². The number of rotatable bonds is 2. The summed E-state index contributed by atoms with van der Waals surface area (Å²) >= 11 is 5.07. The Morgan fingerprint density at radius 2 is 2.00 bits per heavy atom. The maximum atomic E-state index is 5.07. The summed E-state index contributed by atoms with van der Waals surface area (Å²) < 4.78 is 7.28. The summed E-state index contributed by atoms with van der Waals surface area (Å²) in [6.45, 7) is 2.28. The van der Waals surface area contributed by atoms with Crippen LogP contribution in [-0.2, 0) is 16.3 Å². The van der Waals surface area contributed by atoms with E-state index in [1.807, 2.05) is 0 Å². The van der Waals surface area contributed by atoms with E-state index in [1.165, 1.54) is 12.8 Å². The Bertz CT molecular complexity index is 123. The topological polar surface area (TPSA) is 12.5 Å². The first-order valence-electron chi connectivity index (χ1n) is 3.11. The van der Waals surface area contributed by atoms with Gasteiger partial charge in [-0.25, -0.2) is 0 Å². The number of hydrogen-bond acceptors (Lipinski definition) is 2. The van der Waals surface area contributed by atoms with Crippen LogP contribution < -0.4 is 51.4 Å². The van der Waals surface area contributed by atoms with Gasteiger partial charge in [-0.3, -0.25) is 0 Å². The van der Waals surface area contributed by atoms with E-state index in [-0.39, 0.29) is 52.8 Å². The summed E-state index contributed by atoms with van der Waals surface area (Å²) in [4.78, 5) is 0. The number of hydrogen-bond donors (Lipinski definition) is 0. The zero-order chi connectivity index (χ0) is 6.69. The maximum Gasteiger partial charge on any atom is 1.00 e. The molecule has 0 aromatic rings. The molecule has 0 amide bonds. The van der Waals surface area contributed by atoms with E-state index in [1.54, 1.807) is 7.11 Å². The Morgan fingerprint density at radius 1 is 1.50 bits per heavy atom. The Kier molecular flexibility index (Phi) is 7.94. The third-order valence-electron chi connectivity index (χ3n) is 1.47. The predicted octanol–water partition coefficient (Wildman–Crippen LogP) is -1.38. The molecule has 10 heavy (non-hydrogen) atoms. The van der Waals surface area contributed by atoms with E-state index < -0.39 is 7.07 Å². The van der Waals surface area contributed by atoms with Crippen LogP contribution in [0.3, 0.4) is 0 Å². The van der Waals surface area contributed by atoms with E-state index in [4.69, 9.17) is 16.3 Å². The molecule has 1 aliphatic heterocycles. The van der Waals surface area contributed by atoms with Crippen molar-refractivity contribution >= 4 is 18.9 Å². The molecule has 0 aliphatic carbocycles. The average Bonchev–Trinajstić information content (AvgIpc) is 2.37. The van der Waals surface area contributed by atoms with Gasteiger partial charge in [0.05, 0.1) is 7.11 Å². The summed E-state index contributed by atoms with van der Waals surface area (Å²) in [5.74, 6) is 0. The molecule has 0 bridgehead atoms. The molecule has 1 heterocycles. The van der Waals surface area contributed by atoms with Gasteiger partial charge in [0.25, 0.3) is 0 Å². The minimum atomic E-state index is -0.663. The summed E-state index contributed by atoms with van der Waals surface area (Å²) in [6, 6.07) is 0. The van der Waals surface area contributed by atoms with Crippen molar-refractivity contribution in [3.63, 3.8) is 0 Å². The van der Waals surface area contributed by atoms with Crippen LogP contribution in [0, 0.1) is 0 Å². The van der Waals surface area contributed by atoms with Gasteiger partial charge in [-0.2, -0.15) is 4.52 Å². The van der Waals surface area contributed by atoms with Gasteiger partial charge in [0.1, 0.15) is 0 Å². The Morgan fingerprint density at radius 3 is 2.40 bits per heavy atom. The fourth-order valence-electron chi connectivity index (χ4n) is 0.979. The SMILES string of the molecule is CO[P+](=S)N1CCCC1.[H-].[K+]. The molecule has 54 valence electrons. The molecule has 0 radical (unpaired) electrons.